The van der Waals surface area contributed by atoms with E-state index >= 15 is 0 Å². The molecule has 1 aromatic rings. The van der Waals surface area contributed by atoms with E-state index in [2.05, 4.69) is 4.98 Å². The highest BCUT2D eigenvalue weighted by molar-refractivity contribution is 7.09. The van der Waals surface area contributed by atoms with Gasteiger partial charge in [-0.25, -0.2) is 4.98 Å². The molecule has 1 heterocycles. The van der Waals surface area contributed by atoms with Crippen molar-refractivity contribution >= 4 is 17.2 Å². The zero-order chi connectivity index (χ0) is 10.7. The minimum absolute atomic E-state index is 0.194. The summed E-state index contributed by atoms with van der Waals surface area (Å²) in [5.74, 6) is -1.15. The molecule has 0 fully saturated rings. The van der Waals surface area contributed by atoms with Gasteiger partial charge in [0.15, 0.2) is 0 Å². The van der Waals surface area contributed by atoms with Gasteiger partial charge in [0.05, 0.1) is 17.7 Å². The van der Waals surface area contributed by atoms with Gasteiger partial charge in [-0.1, -0.05) is 0 Å². The van der Waals surface area contributed by atoms with Crippen molar-refractivity contribution in [2.24, 2.45) is 0 Å². The van der Waals surface area contributed by atoms with Crippen LogP contribution in [-0.4, -0.2) is 29.3 Å². The second kappa shape index (κ2) is 4.45. The summed E-state index contributed by atoms with van der Waals surface area (Å²) >= 11 is 1.36. The lowest BCUT2D eigenvalue weighted by Crippen LogP contribution is -2.31. The lowest BCUT2D eigenvalue weighted by molar-refractivity contribution is -0.141. The van der Waals surface area contributed by atoms with E-state index in [-0.39, 0.29) is 6.54 Å². The normalized spacial score (nSPS) is 10.6. The molecule has 0 atom stereocenters. The molecule has 0 aromatic carbocycles. The molecule has 0 aliphatic carbocycles. The monoisotopic (exact) mass is 220 g/mol. The molecule has 78 valence electrons. The molecule has 1 aromatic heterocycles. The summed E-state index contributed by atoms with van der Waals surface area (Å²) in [6.45, 7) is 1.98. The average molecular weight is 220 g/mol. The Balaban J connectivity index is 2.62. The average Bonchev–Trinajstić information content (AvgIpc) is 2.50. The van der Waals surface area contributed by atoms with Crippen molar-refractivity contribution in [1.29, 1.82) is 0 Å². The molecule has 0 saturated carbocycles. The molecular formula is C8H10F2N2OS. The predicted octanol–water partition coefficient (Wildman–Crippen LogP) is 1.68. The first-order valence-corrected chi connectivity index (χ1v) is 4.82. The van der Waals surface area contributed by atoms with Crippen LogP contribution in [0.2, 0.25) is 0 Å². The second-order valence-electron chi connectivity index (χ2n) is 2.86. The molecule has 0 aliphatic heterocycles. The van der Waals surface area contributed by atoms with E-state index in [1.807, 2.05) is 0 Å². The number of hydrogen-bond acceptors (Lipinski definition) is 3. The Labute approximate surface area is 84.4 Å². The molecule has 14 heavy (non-hydrogen) atoms. The molecule has 1 amide bonds. The topological polar surface area (TPSA) is 33.2 Å². The van der Waals surface area contributed by atoms with Gasteiger partial charge >= 0.3 is 6.43 Å². The van der Waals surface area contributed by atoms with Crippen LogP contribution in [0.1, 0.15) is 10.6 Å². The van der Waals surface area contributed by atoms with E-state index in [0.717, 1.165) is 15.5 Å². The van der Waals surface area contributed by atoms with Gasteiger partial charge in [-0.3, -0.25) is 4.79 Å². The number of alkyl halides is 2. The van der Waals surface area contributed by atoms with Crippen LogP contribution >= 0.6 is 11.3 Å². The van der Waals surface area contributed by atoms with Gasteiger partial charge in [-0.2, -0.15) is 8.78 Å². The summed E-state index contributed by atoms with van der Waals surface area (Å²) in [5.41, 5.74) is 2.41. The summed E-state index contributed by atoms with van der Waals surface area (Å²) in [7, 11) is 1.35. The van der Waals surface area contributed by atoms with Crippen LogP contribution in [0.5, 0.6) is 0 Å². The Bertz CT molecular complexity index is 327. The van der Waals surface area contributed by atoms with Crippen LogP contribution in [0.25, 0.3) is 0 Å². The fourth-order valence-electron chi connectivity index (χ4n) is 0.938. The Morgan fingerprint density at radius 2 is 2.36 bits per heavy atom. The van der Waals surface area contributed by atoms with Gasteiger partial charge in [0.2, 0.25) is 0 Å². The maximum absolute atomic E-state index is 12.0. The third kappa shape index (κ3) is 2.47. The molecule has 1 rings (SSSR count). The zero-order valence-corrected chi connectivity index (χ0v) is 8.65. The Morgan fingerprint density at radius 1 is 1.71 bits per heavy atom. The Kier molecular flexibility index (Phi) is 3.51. The third-order valence-corrected chi connectivity index (χ3v) is 2.71. The van der Waals surface area contributed by atoms with Crippen molar-refractivity contribution in [3.63, 3.8) is 0 Å². The van der Waals surface area contributed by atoms with Gasteiger partial charge in [-0.15, -0.1) is 11.3 Å². The van der Waals surface area contributed by atoms with Crippen LogP contribution in [0, 0.1) is 6.92 Å². The van der Waals surface area contributed by atoms with Crippen molar-refractivity contribution in [3.05, 3.63) is 16.1 Å². The first-order valence-electron chi connectivity index (χ1n) is 3.94. The number of aromatic nitrogens is 1. The second-order valence-corrected chi connectivity index (χ2v) is 3.80. The van der Waals surface area contributed by atoms with E-state index in [9.17, 15) is 13.6 Å². The van der Waals surface area contributed by atoms with Gasteiger partial charge < -0.3 is 4.90 Å². The fraction of sp³-hybridized carbons (Fsp3) is 0.500. The Hall–Kier alpha value is -1.04. The highest BCUT2D eigenvalue weighted by Gasteiger charge is 2.20. The molecule has 0 aliphatic rings. The number of carbonyl (C=O) groups excluding carboxylic acids is 1. The van der Waals surface area contributed by atoms with E-state index in [4.69, 9.17) is 0 Å². The number of rotatable bonds is 3. The van der Waals surface area contributed by atoms with Gasteiger partial charge in [0.1, 0.15) is 0 Å². The molecule has 0 bridgehead atoms. The lowest BCUT2D eigenvalue weighted by Gasteiger charge is -2.15. The van der Waals surface area contributed by atoms with Crippen molar-refractivity contribution in [1.82, 2.24) is 9.88 Å². The number of hydrogen-bond donors (Lipinski definition) is 0. The number of halogens is 2. The minimum atomic E-state index is -2.94. The lowest BCUT2D eigenvalue weighted by atomic mass is 10.3. The minimum Gasteiger partial charge on any atom is -0.336 e. The number of nitrogens with zero attached hydrogens (tertiary/aromatic N) is 2. The molecular weight excluding hydrogens is 210 g/mol. The van der Waals surface area contributed by atoms with Gasteiger partial charge in [-0.05, 0) is 6.92 Å². The summed E-state index contributed by atoms with van der Waals surface area (Å²) in [6, 6.07) is 0. The van der Waals surface area contributed by atoms with Crippen LogP contribution in [-0.2, 0) is 11.3 Å². The molecule has 6 heteroatoms. The standard InChI is InChI=1S/C8H10F2N2OS/c1-5-6(14-4-11-5)3-12(2)8(13)7(9)10/h4,7H,3H2,1-2H3. The van der Waals surface area contributed by atoms with Crippen molar-refractivity contribution in [2.45, 2.75) is 19.9 Å². The quantitative estimate of drug-likeness (QED) is 0.776. The summed E-state index contributed by atoms with van der Waals surface area (Å²) in [6.07, 6.45) is -2.94. The van der Waals surface area contributed by atoms with Crippen LogP contribution < -0.4 is 0 Å². The number of thiazole rings is 1. The molecule has 0 N–H and O–H groups in total. The fourth-order valence-corrected chi connectivity index (χ4v) is 1.77. The predicted molar refractivity (Wildman–Crippen MR) is 49.3 cm³/mol. The zero-order valence-electron chi connectivity index (χ0n) is 7.83. The van der Waals surface area contributed by atoms with Crippen molar-refractivity contribution in [3.8, 4) is 0 Å². The smallest absolute Gasteiger partial charge is 0.315 e. The highest BCUT2D eigenvalue weighted by atomic mass is 32.1. The maximum atomic E-state index is 12.0. The number of amides is 1. The summed E-state index contributed by atoms with van der Waals surface area (Å²) in [5, 5.41) is 0. The van der Waals surface area contributed by atoms with Crippen LogP contribution in [0.3, 0.4) is 0 Å². The summed E-state index contributed by atoms with van der Waals surface area (Å²) < 4.78 is 24.0. The first-order chi connectivity index (χ1) is 6.52. The third-order valence-electron chi connectivity index (χ3n) is 1.79. The first kappa shape index (κ1) is 11.0. The van der Waals surface area contributed by atoms with E-state index in [1.165, 1.54) is 18.4 Å². The van der Waals surface area contributed by atoms with Crippen molar-refractivity contribution < 1.29 is 13.6 Å². The Morgan fingerprint density at radius 3 is 2.79 bits per heavy atom. The van der Waals surface area contributed by atoms with E-state index < -0.39 is 12.3 Å². The van der Waals surface area contributed by atoms with Gasteiger partial charge in [0, 0.05) is 11.9 Å². The molecule has 3 nitrogen and oxygen atoms in total. The van der Waals surface area contributed by atoms with Gasteiger partial charge in [0.25, 0.3) is 5.91 Å². The molecule has 0 saturated heterocycles. The van der Waals surface area contributed by atoms with Crippen molar-refractivity contribution in [2.75, 3.05) is 7.05 Å². The molecule has 0 unspecified atom stereocenters. The SMILES string of the molecule is Cc1ncsc1CN(C)C(=O)C(F)F. The highest BCUT2D eigenvalue weighted by Crippen LogP contribution is 2.14. The maximum Gasteiger partial charge on any atom is 0.315 e. The molecule has 0 spiro atoms. The largest absolute Gasteiger partial charge is 0.336 e. The summed E-state index contributed by atoms with van der Waals surface area (Å²) in [4.78, 5) is 16.6. The molecule has 0 radical (unpaired) electrons. The number of aryl methyl sites for hydroxylation is 1. The van der Waals surface area contributed by atoms with Crippen LogP contribution in [0.15, 0.2) is 5.51 Å². The van der Waals surface area contributed by atoms with E-state index in [1.54, 1.807) is 12.4 Å². The number of carbonyl (C=O) groups is 1. The van der Waals surface area contributed by atoms with E-state index in [0.29, 0.717) is 0 Å². The van der Waals surface area contributed by atoms with Crippen LogP contribution in [0.4, 0.5) is 8.78 Å².